The third kappa shape index (κ3) is 3.36. The second-order valence-electron chi connectivity index (χ2n) is 3.81. The van der Waals surface area contributed by atoms with Gasteiger partial charge in [0.25, 0.3) is 5.91 Å². The highest BCUT2D eigenvalue weighted by Gasteiger charge is 2.21. The monoisotopic (exact) mass is 246 g/mol. The van der Waals surface area contributed by atoms with Crippen LogP contribution in [0.3, 0.4) is 0 Å². The lowest BCUT2D eigenvalue weighted by Crippen LogP contribution is -2.45. The molecule has 0 aliphatic rings. The van der Waals surface area contributed by atoms with Crippen LogP contribution < -0.4 is 5.32 Å². The van der Waals surface area contributed by atoms with Gasteiger partial charge in [0.2, 0.25) is 0 Å². The van der Waals surface area contributed by atoms with Crippen molar-refractivity contribution >= 4 is 29.1 Å². The van der Waals surface area contributed by atoms with Crippen molar-refractivity contribution in [2.24, 2.45) is 0 Å². The summed E-state index contributed by atoms with van der Waals surface area (Å²) in [6.07, 6.45) is 1.53. The number of halogens is 2. The number of pyridine rings is 1. The molecular formula is C10H12Cl2N2O. The molecule has 0 spiro atoms. The van der Waals surface area contributed by atoms with Gasteiger partial charge in [-0.1, -0.05) is 11.6 Å². The largest absolute Gasteiger partial charge is 0.346 e. The van der Waals surface area contributed by atoms with Crippen LogP contribution in [0.2, 0.25) is 5.15 Å². The van der Waals surface area contributed by atoms with Crippen LogP contribution in [0.1, 0.15) is 24.2 Å². The van der Waals surface area contributed by atoms with Crippen LogP contribution in [0.25, 0.3) is 0 Å². The zero-order valence-corrected chi connectivity index (χ0v) is 10.1. The van der Waals surface area contributed by atoms with E-state index in [2.05, 4.69) is 10.3 Å². The fourth-order valence-electron chi connectivity index (χ4n) is 0.963. The quantitative estimate of drug-likeness (QED) is 0.658. The molecule has 0 aliphatic carbocycles. The summed E-state index contributed by atoms with van der Waals surface area (Å²) in [5, 5.41) is 2.96. The number of hydrogen-bond acceptors (Lipinski definition) is 2. The Morgan fingerprint density at radius 2 is 2.27 bits per heavy atom. The highest BCUT2D eigenvalue weighted by molar-refractivity contribution is 6.32. The van der Waals surface area contributed by atoms with Crippen LogP contribution >= 0.6 is 23.2 Å². The summed E-state index contributed by atoms with van der Waals surface area (Å²) in [6, 6.07) is 3.28. The summed E-state index contributed by atoms with van der Waals surface area (Å²) in [5.41, 5.74) is -0.102. The SMILES string of the molecule is CC(C)(CCl)NC(=O)c1cccnc1Cl. The summed E-state index contributed by atoms with van der Waals surface area (Å²) < 4.78 is 0. The number of carbonyl (C=O) groups is 1. The van der Waals surface area contributed by atoms with Crippen LogP contribution in [0.5, 0.6) is 0 Å². The molecule has 0 bridgehead atoms. The molecule has 3 nitrogen and oxygen atoms in total. The molecule has 0 fully saturated rings. The Hall–Kier alpha value is -0.800. The predicted octanol–water partition coefficient (Wildman–Crippen LogP) is 2.48. The Balaban J connectivity index is 2.83. The van der Waals surface area contributed by atoms with Gasteiger partial charge in [0, 0.05) is 17.6 Å². The van der Waals surface area contributed by atoms with Crippen molar-refractivity contribution in [3.05, 3.63) is 29.0 Å². The Morgan fingerprint density at radius 1 is 1.60 bits per heavy atom. The highest BCUT2D eigenvalue weighted by Crippen LogP contribution is 2.13. The van der Waals surface area contributed by atoms with E-state index in [1.165, 1.54) is 6.20 Å². The molecule has 0 atom stereocenters. The molecule has 1 amide bonds. The lowest BCUT2D eigenvalue weighted by Gasteiger charge is -2.23. The molecule has 1 aromatic heterocycles. The second kappa shape index (κ2) is 4.81. The van der Waals surface area contributed by atoms with E-state index >= 15 is 0 Å². The van der Waals surface area contributed by atoms with Gasteiger partial charge in [-0.25, -0.2) is 4.98 Å². The molecule has 0 radical (unpaired) electrons. The van der Waals surface area contributed by atoms with Crippen molar-refractivity contribution in [2.75, 3.05) is 5.88 Å². The molecule has 0 aliphatic heterocycles. The minimum Gasteiger partial charge on any atom is -0.346 e. The third-order valence-corrected chi connectivity index (χ3v) is 2.76. The standard InChI is InChI=1S/C10H12Cl2N2O/c1-10(2,6-11)14-9(15)7-4-3-5-13-8(7)12/h3-5H,6H2,1-2H3,(H,14,15). The van der Waals surface area contributed by atoms with E-state index in [1.807, 2.05) is 13.8 Å². The van der Waals surface area contributed by atoms with Gasteiger partial charge in [0.1, 0.15) is 5.15 Å². The van der Waals surface area contributed by atoms with Gasteiger partial charge >= 0.3 is 0 Å². The fraction of sp³-hybridized carbons (Fsp3) is 0.400. The van der Waals surface area contributed by atoms with Gasteiger partial charge in [0.05, 0.1) is 5.56 Å². The lowest BCUT2D eigenvalue weighted by atomic mass is 10.1. The van der Waals surface area contributed by atoms with Crippen LogP contribution in [0.4, 0.5) is 0 Å². The van der Waals surface area contributed by atoms with E-state index in [9.17, 15) is 4.79 Å². The maximum Gasteiger partial charge on any atom is 0.254 e. The Morgan fingerprint density at radius 3 is 2.80 bits per heavy atom. The summed E-state index contributed by atoms with van der Waals surface area (Å²) in [4.78, 5) is 15.6. The average Bonchev–Trinajstić information content (AvgIpc) is 2.17. The maximum atomic E-state index is 11.7. The van der Waals surface area contributed by atoms with Gasteiger partial charge < -0.3 is 5.32 Å². The van der Waals surface area contributed by atoms with Gasteiger partial charge in [0.15, 0.2) is 0 Å². The van der Waals surface area contributed by atoms with E-state index < -0.39 is 5.54 Å². The van der Waals surface area contributed by atoms with Crippen LogP contribution in [-0.4, -0.2) is 22.3 Å². The number of carbonyl (C=O) groups excluding carboxylic acids is 1. The predicted molar refractivity (Wildman–Crippen MR) is 61.5 cm³/mol. The van der Waals surface area contributed by atoms with Crippen molar-refractivity contribution in [2.45, 2.75) is 19.4 Å². The molecule has 15 heavy (non-hydrogen) atoms. The van der Waals surface area contributed by atoms with E-state index in [-0.39, 0.29) is 11.1 Å². The first-order chi connectivity index (χ1) is 6.96. The van der Waals surface area contributed by atoms with Crippen molar-refractivity contribution in [3.63, 3.8) is 0 Å². The molecule has 0 saturated heterocycles. The highest BCUT2D eigenvalue weighted by atomic mass is 35.5. The molecule has 1 N–H and O–H groups in total. The minimum atomic E-state index is -0.461. The maximum absolute atomic E-state index is 11.7. The molecule has 1 rings (SSSR count). The van der Waals surface area contributed by atoms with Crippen LogP contribution in [-0.2, 0) is 0 Å². The van der Waals surface area contributed by atoms with Crippen molar-refractivity contribution in [3.8, 4) is 0 Å². The zero-order chi connectivity index (χ0) is 11.5. The summed E-state index contributed by atoms with van der Waals surface area (Å²) in [5.74, 6) is 0.0649. The van der Waals surface area contributed by atoms with Crippen LogP contribution in [0, 0.1) is 0 Å². The van der Waals surface area contributed by atoms with E-state index in [0.29, 0.717) is 11.4 Å². The molecule has 0 saturated carbocycles. The first kappa shape index (κ1) is 12.3. The number of aromatic nitrogens is 1. The molecule has 0 aromatic carbocycles. The van der Waals surface area contributed by atoms with Gasteiger partial charge in [-0.2, -0.15) is 0 Å². The number of nitrogens with one attached hydrogen (secondary N) is 1. The van der Waals surface area contributed by atoms with Gasteiger partial charge in [-0.15, -0.1) is 11.6 Å². The van der Waals surface area contributed by atoms with E-state index in [0.717, 1.165) is 0 Å². The van der Waals surface area contributed by atoms with Crippen molar-refractivity contribution in [1.82, 2.24) is 10.3 Å². The topological polar surface area (TPSA) is 42.0 Å². The molecule has 5 heteroatoms. The number of hydrogen-bond donors (Lipinski definition) is 1. The zero-order valence-electron chi connectivity index (χ0n) is 8.55. The third-order valence-electron chi connectivity index (χ3n) is 1.79. The van der Waals surface area contributed by atoms with E-state index in [4.69, 9.17) is 23.2 Å². The smallest absolute Gasteiger partial charge is 0.254 e. The first-order valence-corrected chi connectivity index (χ1v) is 5.36. The van der Waals surface area contributed by atoms with Crippen LogP contribution in [0.15, 0.2) is 18.3 Å². The summed E-state index contributed by atoms with van der Waals surface area (Å²) >= 11 is 11.5. The van der Waals surface area contributed by atoms with Crippen molar-refractivity contribution < 1.29 is 4.79 Å². The molecular weight excluding hydrogens is 235 g/mol. The van der Waals surface area contributed by atoms with Gasteiger partial charge in [-0.05, 0) is 26.0 Å². The average molecular weight is 247 g/mol. The van der Waals surface area contributed by atoms with Gasteiger partial charge in [-0.3, -0.25) is 4.79 Å². The molecule has 82 valence electrons. The normalized spacial score (nSPS) is 11.2. The first-order valence-electron chi connectivity index (χ1n) is 4.45. The fourth-order valence-corrected chi connectivity index (χ4v) is 1.24. The molecule has 0 unspecified atom stereocenters. The number of rotatable bonds is 3. The Labute approximate surface area is 98.8 Å². The Bertz CT molecular complexity index is 366. The second-order valence-corrected chi connectivity index (χ2v) is 4.44. The molecule has 1 heterocycles. The van der Waals surface area contributed by atoms with Crippen molar-refractivity contribution in [1.29, 1.82) is 0 Å². The number of amides is 1. The van der Waals surface area contributed by atoms with E-state index in [1.54, 1.807) is 12.1 Å². The summed E-state index contributed by atoms with van der Waals surface area (Å²) in [7, 11) is 0. The number of nitrogens with zero attached hydrogens (tertiary/aromatic N) is 1. The minimum absolute atomic E-state index is 0.195. The summed E-state index contributed by atoms with van der Waals surface area (Å²) in [6.45, 7) is 3.67. The lowest BCUT2D eigenvalue weighted by molar-refractivity contribution is 0.0920. The number of alkyl halides is 1. The molecule has 1 aromatic rings. The Kier molecular flexibility index (Phi) is 3.94.